The van der Waals surface area contributed by atoms with Crippen LogP contribution in [0.25, 0.3) is 0 Å². The lowest BCUT2D eigenvalue weighted by Gasteiger charge is -2.36. The van der Waals surface area contributed by atoms with Gasteiger partial charge in [-0.25, -0.2) is 8.42 Å². The Hall–Kier alpha value is -1.42. The lowest BCUT2D eigenvalue weighted by Crippen LogP contribution is -2.48. The Morgan fingerprint density at radius 2 is 1.50 bits per heavy atom. The van der Waals surface area contributed by atoms with Crippen molar-refractivity contribution in [2.45, 2.75) is 0 Å². The summed E-state index contributed by atoms with van der Waals surface area (Å²) < 4.78 is 75.7. The van der Waals surface area contributed by atoms with Crippen molar-refractivity contribution in [1.29, 1.82) is 0 Å². The van der Waals surface area contributed by atoms with Crippen molar-refractivity contribution in [1.82, 2.24) is 9.88 Å². The summed E-state index contributed by atoms with van der Waals surface area (Å²) in [5.74, 6) is -6.44. The van der Waals surface area contributed by atoms with E-state index in [-0.39, 0.29) is 18.8 Å². The minimum absolute atomic E-state index is 0.0196. The molecule has 0 unspecified atom stereocenters. The van der Waals surface area contributed by atoms with E-state index in [0.29, 0.717) is 19.6 Å². The summed E-state index contributed by atoms with van der Waals surface area (Å²) in [6.45, 7) is 1.22. The smallest absolute Gasteiger partial charge is 0.253 e. The zero-order valence-corrected chi connectivity index (χ0v) is 12.6. The molecule has 0 spiro atoms. The summed E-state index contributed by atoms with van der Waals surface area (Å²) in [5.41, 5.74) is -0.771. The molecule has 5 nitrogen and oxygen atoms in total. The molecule has 2 rings (SSSR count). The summed E-state index contributed by atoms with van der Waals surface area (Å²) >= 11 is 0. The fourth-order valence-corrected chi connectivity index (χ4v) is 2.83. The first-order chi connectivity index (χ1) is 10.2. The Morgan fingerprint density at radius 3 is 1.95 bits per heavy atom. The number of anilines is 1. The molecule has 0 saturated carbocycles. The molecule has 124 valence electrons. The topological polar surface area (TPSA) is 53.5 Å². The van der Waals surface area contributed by atoms with Gasteiger partial charge in [-0.3, -0.25) is 4.90 Å². The Labute approximate surface area is 125 Å². The number of piperazine rings is 1. The molecule has 1 aliphatic heterocycles. The summed E-state index contributed by atoms with van der Waals surface area (Å²) in [4.78, 5) is 5.51. The number of hydrogen-bond donors (Lipinski definition) is 0. The lowest BCUT2D eigenvalue weighted by atomic mass is 10.2. The number of rotatable bonds is 4. The predicted molar refractivity (Wildman–Crippen MR) is 72.4 cm³/mol. The molecule has 1 aromatic heterocycles. The number of hydrogen-bond acceptors (Lipinski definition) is 5. The summed E-state index contributed by atoms with van der Waals surface area (Å²) in [7, 11) is -3.10. The third-order valence-corrected chi connectivity index (χ3v) is 4.37. The normalized spacial score (nSPS) is 17.0. The minimum Gasteiger partial charge on any atom is -0.364 e. The van der Waals surface area contributed by atoms with E-state index in [1.165, 1.54) is 4.90 Å². The van der Waals surface area contributed by atoms with E-state index in [0.717, 1.165) is 6.26 Å². The highest BCUT2D eigenvalue weighted by atomic mass is 32.2. The minimum atomic E-state index is -3.10. The number of aromatic nitrogens is 1. The zero-order valence-electron chi connectivity index (χ0n) is 11.8. The number of pyridine rings is 1. The van der Waals surface area contributed by atoms with Gasteiger partial charge in [-0.2, -0.15) is 22.5 Å². The van der Waals surface area contributed by atoms with Gasteiger partial charge >= 0.3 is 0 Å². The highest BCUT2D eigenvalue weighted by Gasteiger charge is 2.28. The first-order valence-electron chi connectivity index (χ1n) is 6.54. The third kappa shape index (κ3) is 3.86. The summed E-state index contributed by atoms with van der Waals surface area (Å²) in [6, 6.07) is 0. The molecule has 1 aliphatic rings. The van der Waals surface area contributed by atoms with Gasteiger partial charge in [0.25, 0.3) is 11.9 Å². The number of nitrogens with zero attached hydrogens (tertiary/aromatic N) is 3. The Morgan fingerprint density at radius 1 is 1.00 bits per heavy atom. The monoisotopic (exact) mass is 341 g/mol. The maximum atomic E-state index is 13.6. The van der Waals surface area contributed by atoms with E-state index in [4.69, 9.17) is 0 Å². The van der Waals surface area contributed by atoms with Crippen molar-refractivity contribution in [2.75, 3.05) is 49.6 Å². The fraction of sp³-hybridized carbons (Fsp3) is 0.583. The summed E-state index contributed by atoms with van der Waals surface area (Å²) in [6.07, 6.45) is 1.12. The van der Waals surface area contributed by atoms with Gasteiger partial charge in [0.05, 0.1) is 5.75 Å². The molecule has 0 atom stereocenters. The maximum Gasteiger partial charge on any atom is 0.253 e. The second-order valence-corrected chi connectivity index (χ2v) is 7.39. The molecule has 0 aromatic carbocycles. The van der Waals surface area contributed by atoms with E-state index < -0.39 is 39.1 Å². The Kier molecular flexibility index (Phi) is 4.90. The molecule has 1 fully saturated rings. The van der Waals surface area contributed by atoms with Crippen LogP contribution >= 0.6 is 0 Å². The van der Waals surface area contributed by atoms with Crippen LogP contribution in [0.15, 0.2) is 0 Å². The van der Waals surface area contributed by atoms with Gasteiger partial charge in [-0.05, 0) is 0 Å². The largest absolute Gasteiger partial charge is 0.364 e. The van der Waals surface area contributed by atoms with Crippen LogP contribution in [-0.4, -0.2) is 63.0 Å². The van der Waals surface area contributed by atoms with E-state index in [1.54, 1.807) is 4.90 Å². The van der Waals surface area contributed by atoms with Crippen molar-refractivity contribution in [3.63, 3.8) is 0 Å². The zero-order chi connectivity index (χ0) is 16.5. The van der Waals surface area contributed by atoms with E-state index in [9.17, 15) is 26.0 Å². The van der Waals surface area contributed by atoms with Crippen LogP contribution in [0.4, 0.5) is 23.2 Å². The molecule has 22 heavy (non-hydrogen) atoms. The van der Waals surface area contributed by atoms with Crippen LogP contribution in [0.3, 0.4) is 0 Å². The second kappa shape index (κ2) is 6.37. The Balaban J connectivity index is 2.06. The lowest BCUT2D eigenvalue weighted by molar-refractivity contribution is 0.269. The highest BCUT2D eigenvalue weighted by Crippen LogP contribution is 2.27. The molecule has 0 radical (unpaired) electrons. The number of sulfone groups is 1. The van der Waals surface area contributed by atoms with Gasteiger partial charge < -0.3 is 4.90 Å². The van der Waals surface area contributed by atoms with Gasteiger partial charge in [-0.15, -0.1) is 0 Å². The third-order valence-electron chi connectivity index (χ3n) is 3.44. The highest BCUT2D eigenvalue weighted by molar-refractivity contribution is 7.90. The van der Waals surface area contributed by atoms with E-state index in [1.807, 2.05) is 0 Å². The van der Waals surface area contributed by atoms with Crippen LogP contribution < -0.4 is 4.90 Å². The second-order valence-electron chi connectivity index (χ2n) is 5.13. The quantitative estimate of drug-likeness (QED) is 0.599. The molecule has 0 amide bonds. The van der Waals surface area contributed by atoms with Crippen molar-refractivity contribution >= 4 is 15.5 Å². The maximum absolute atomic E-state index is 13.6. The van der Waals surface area contributed by atoms with Gasteiger partial charge in [0.2, 0.25) is 11.6 Å². The average Bonchev–Trinajstić information content (AvgIpc) is 2.44. The molecular weight excluding hydrogens is 326 g/mol. The van der Waals surface area contributed by atoms with Gasteiger partial charge in [-0.1, -0.05) is 0 Å². The van der Waals surface area contributed by atoms with Crippen molar-refractivity contribution in [3.05, 3.63) is 23.5 Å². The number of halogens is 4. The van der Waals surface area contributed by atoms with Crippen molar-refractivity contribution < 1.29 is 26.0 Å². The van der Waals surface area contributed by atoms with Gasteiger partial charge in [0, 0.05) is 39.0 Å². The fourth-order valence-electron chi connectivity index (χ4n) is 2.24. The summed E-state index contributed by atoms with van der Waals surface area (Å²) in [5, 5.41) is 0. The SMILES string of the molecule is CS(=O)(=O)CCN1CCN(c2c(F)c(F)nc(F)c2F)CC1. The molecular formula is C12H15F4N3O2S. The standard InChI is InChI=1S/C12H15F4N3O2S/c1-22(20,21)7-6-18-2-4-19(5-3-18)10-8(13)11(15)17-12(16)9(10)14/h2-7H2,1H3. The van der Waals surface area contributed by atoms with Crippen LogP contribution in [0.5, 0.6) is 0 Å². The van der Waals surface area contributed by atoms with Crippen molar-refractivity contribution in [3.8, 4) is 0 Å². The van der Waals surface area contributed by atoms with Crippen LogP contribution in [0.2, 0.25) is 0 Å². The molecule has 1 aromatic rings. The van der Waals surface area contributed by atoms with Crippen LogP contribution in [0, 0.1) is 23.5 Å². The van der Waals surface area contributed by atoms with E-state index >= 15 is 0 Å². The van der Waals surface area contributed by atoms with Gasteiger partial charge in [0.15, 0.2) is 0 Å². The average molecular weight is 341 g/mol. The first-order valence-corrected chi connectivity index (χ1v) is 8.60. The predicted octanol–water partition coefficient (Wildman–Crippen LogP) is 0.805. The molecule has 10 heteroatoms. The van der Waals surface area contributed by atoms with Gasteiger partial charge in [0.1, 0.15) is 15.5 Å². The molecule has 1 saturated heterocycles. The molecule has 0 N–H and O–H groups in total. The van der Waals surface area contributed by atoms with E-state index in [2.05, 4.69) is 4.98 Å². The first kappa shape index (κ1) is 16.9. The van der Waals surface area contributed by atoms with Crippen LogP contribution in [0.1, 0.15) is 0 Å². The Bertz CT molecular complexity index is 635. The van der Waals surface area contributed by atoms with Crippen molar-refractivity contribution in [2.24, 2.45) is 0 Å². The molecule has 0 aliphatic carbocycles. The molecule has 2 heterocycles. The molecule has 0 bridgehead atoms. The van der Waals surface area contributed by atoms with Crippen LogP contribution in [-0.2, 0) is 9.84 Å².